The smallest absolute Gasteiger partial charge is 0.308 e. The lowest BCUT2D eigenvalue weighted by Crippen LogP contribution is -2.48. The van der Waals surface area contributed by atoms with Crippen molar-refractivity contribution >= 4 is 5.97 Å². The summed E-state index contributed by atoms with van der Waals surface area (Å²) in [6.07, 6.45) is 9.47. The molecular weight excluding hydrogens is 226 g/mol. The zero-order valence-electron chi connectivity index (χ0n) is 11.6. The first-order valence-electron chi connectivity index (χ1n) is 7.69. The lowest BCUT2D eigenvalue weighted by atomic mass is 9.81. The first-order chi connectivity index (χ1) is 8.72. The van der Waals surface area contributed by atoms with Gasteiger partial charge in [0.15, 0.2) is 0 Å². The van der Waals surface area contributed by atoms with E-state index in [-0.39, 0.29) is 5.92 Å². The number of rotatable bonds is 4. The van der Waals surface area contributed by atoms with E-state index in [1.54, 1.807) is 0 Å². The highest BCUT2D eigenvalue weighted by molar-refractivity contribution is 5.71. The van der Waals surface area contributed by atoms with E-state index in [1.165, 1.54) is 32.1 Å². The van der Waals surface area contributed by atoms with Crippen LogP contribution in [0.5, 0.6) is 0 Å². The van der Waals surface area contributed by atoms with Gasteiger partial charge in [-0.1, -0.05) is 32.6 Å². The molecule has 2 atom stereocenters. The molecule has 3 nitrogen and oxygen atoms in total. The highest BCUT2D eigenvalue weighted by Gasteiger charge is 2.36. The molecule has 104 valence electrons. The molecule has 0 bridgehead atoms. The third kappa shape index (κ3) is 3.25. The molecule has 1 saturated carbocycles. The highest BCUT2D eigenvalue weighted by atomic mass is 16.4. The molecule has 0 spiro atoms. The van der Waals surface area contributed by atoms with Crippen LogP contribution in [-0.2, 0) is 4.79 Å². The maximum atomic E-state index is 11.3. The van der Waals surface area contributed by atoms with Crippen molar-refractivity contribution in [1.82, 2.24) is 4.90 Å². The molecular formula is C15H27NO2. The second kappa shape index (κ2) is 6.55. The maximum Gasteiger partial charge on any atom is 0.308 e. The van der Waals surface area contributed by atoms with Crippen LogP contribution in [0.15, 0.2) is 0 Å². The molecule has 2 rings (SSSR count). The molecule has 2 aliphatic rings. The van der Waals surface area contributed by atoms with E-state index in [0.717, 1.165) is 38.3 Å². The highest BCUT2D eigenvalue weighted by Crippen LogP contribution is 2.32. The van der Waals surface area contributed by atoms with Gasteiger partial charge >= 0.3 is 5.97 Å². The van der Waals surface area contributed by atoms with Crippen molar-refractivity contribution in [3.05, 3.63) is 0 Å². The Kier molecular flexibility index (Phi) is 5.04. The summed E-state index contributed by atoms with van der Waals surface area (Å²) in [4.78, 5) is 13.8. The van der Waals surface area contributed by atoms with Crippen molar-refractivity contribution in [2.24, 2.45) is 11.8 Å². The molecule has 0 aromatic carbocycles. The summed E-state index contributed by atoms with van der Waals surface area (Å²) in [7, 11) is 0. The molecule has 1 aliphatic heterocycles. The minimum Gasteiger partial charge on any atom is -0.481 e. The fraction of sp³-hybridized carbons (Fsp3) is 0.933. The van der Waals surface area contributed by atoms with Gasteiger partial charge in [0, 0.05) is 6.04 Å². The van der Waals surface area contributed by atoms with E-state index < -0.39 is 5.97 Å². The maximum absolute atomic E-state index is 11.3. The summed E-state index contributed by atoms with van der Waals surface area (Å²) in [6.45, 7) is 4.51. The summed E-state index contributed by atoms with van der Waals surface area (Å²) in [6, 6.07) is 0.318. The number of aliphatic carboxylic acids is 1. The van der Waals surface area contributed by atoms with E-state index in [9.17, 15) is 9.90 Å². The van der Waals surface area contributed by atoms with E-state index >= 15 is 0 Å². The quantitative estimate of drug-likeness (QED) is 0.836. The minimum atomic E-state index is -0.574. The van der Waals surface area contributed by atoms with Crippen LogP contribution in [0.1, 0.15) is 58.3 Å². The molecule has 2 fully saturated rings. The summed E-state index contributed by atoms with van der Waals surface area (Å²) < 4.78 is 0. The first kappa shape index (κ1) is 13.9. The molecule has 1 aliphatic carbocycles. The summed E-state index contributed by atoms with van der Waals surface area (Å²) in [5, 5.41) is 9.35. The van der Waals surface area contributed by atoms with Crippen molar-refractivity contribution < 1.29 is 9.90 Å². The van der Waals surface area contributed by atoms with E-state index in [1.807, 2.05) is 0 Å². The molecule has 3 heteroatoms. The van der Waals surface area contributed by atoms with Gasteiger partial charge in [0.1, 0.15) is 0 Å². The lowest BCUT2D eigenvalue weighted by molar-refractivity contribution is -0.146. The normalized spacial score (nSPS) is 31.4. The van der Waals surface area contributed by atoms with Crippen molar-refractivity contribution in [2.75, 3.05) is 13.1 Å². The number of hydrogen-bond donors (Lipinski definition) is 1. The van der Waals surface area contributed by atoms with Gasteiger partial charge in [-0.25, -0.2) is 0 Å². The largest absolute Gasteiger partial charge is 0.481 e. The van der Waals surface area contributed by atoms with Gasteiger partial charge in [0.25, 0.3) is 0 Å². The Labute approximate surface area is 111 Å². The number of carboxylic acids is 1. The van der Waals surface area contributed by atoms with Crippen LogP contribution in [0.25, 0.3) is 0 Å². The van der Waals surface area contributed by atoms with Crippen molar-refractivity contribution in [1.29, 1.82) is 0 Å². The number of likely N-dealkylation sites (tertiary alicyclic amines) is 1. The number of nitrogens with zero attached hydrogens (tertiary/aromatic N) is 1. The molecule has 0 aromatic heterocycles. The first-order valence-corrected chi connectivity index (χ1v) is 7.69. The van der Waals surface area contributed by atoms with Gasteiger partial charge in [0.2, 0.25) is 0 Å². The van der Waals surface area contributed by atoms with Gasteiger partial charge in [-0.15, -0.1) is 0 Å². The second-order valence-electron chi connectivity index (χ2n) is 6.06. The molecule has 1 saturated heterocycles. The third-order valence-corrected chi connectivity index (χ3v) is 4.86. The standard InChI is InChI=1S/C15H27NO2/c1-2-5-12-8-10-16(11-9-12)14-7-4-3-6-13(14)15(17)18/h12-14H,2-11H2,1H3,(H,17,18). The minimum absolute atomic E-state index is 0.110. The fourth-order valence-corrected chi connectivity index (χ4v) is 3.82. The Morgan fingerprint density at radius 2 is 1.83 bits per heavy atom. The summed E-state index contributed by atoms with van der Waals surface area (Å²) in [5.41, 5.74) is 0. The molecule has 0 radical (unpaired) electrons. The molecule has 18 heavy (non-hydrogen) atoms. The Hall–Kier alpha value is -0.570. The third-order valence-electron chi connectivity index (χ3n) is 4.86. The van der Waals surface area contributed by atoms with Gasteiger partial charge in [-0.3, -0.25) is 9.69 Å². The van der Waals surface area contributed by atoms with Crippen LogP contribution in [0.4, 0.5) is 0 Å². The predicted molar refractivity (Wildman–Crippen MR) is 72.6 cm³/mol. The van der Waals surface area contributed by atoms with Gasteiger partial charge in [0.05, 0.1) is 5.92 Å². The molecule has 2 unspecified atom stereocenters. The average Bonchev–Trinajstić information content (AvgIpc) is 2.40. The van der Waals surface area contributed by atoms with Crippen LogP contribution in [0, 0.1) is 11.8 Å². The van der Waals surface area contributed by atoms with Crippen LogP contribution in [0.2, 0.25) is 0 Å². The van der Waals surface area contributed by atoms with E-state index in [2.05, 4.69) is 11.8 Å². The zero-order valence-corrected chi connectivity index (χ0v) is 11.6. The van der Waals surface area contributed by atoms with E-state index in [0.29, 0.717) is 6.04 Å². The molecule has 0 amide bonds. The van der Waals surface area contributed by atoms with Crippen LogP contribution in [0.3, 0.4) is 0 Å². The summed E-state index contributed by atoms with van der Waals surface area (Å²) >= 11 is 0. The number of carbonyl (C=O) groups is 1. The van der Waals surface area contributed by atoms with Gasteiger partial charge in [-0.05, 0) is 44.7 Å². The topological polar surface area (TPSA) is 40.5 Å². The molecule has 1 heterocycles. The Bertz CT molecular complexity index is 272. The number of piperidine rings is 1. The fourth-order valence-electron chi connectivity index (χ4n) is 3.82. The van der Waals surface area contributed by atoms with Gasteiger partial charge < -0.3 is 5.11 Å². The van der Waals surface area contributed by atoms with Crippen LogP contribution in [-0.4, -0.2) is 35.1 Å². The van der Waals surface area contributed by atoms with Crippen molar-refractivity contribution in [2.45, 2.75) is 64.3 Å². The average molecular weight is 253 g/mol. The van der Waals surface area contributed by atoms with Crippen LogP contribution < -0.4 is 0 Å². The Balaban J connectivity index is 1.88. The molecule has 0 aromatic rings. The lowest BCUT2D eigenvalue weighted by Gasteiger charge is -2.42. The monoisotopic (exact) mass is 253 g/mol. The number of hydrogen-bond acceptors (Lipinski definition) is 2. The van der Waals surface area contributed by atoms with Crippen molar-refractivity contribution in [3.63, 3.8) is 0 Å². The van der Waals surface area contributed by atoms with Crippen LogP contribution >= 0.6 is 0 Å². The zero-order chi connectivity index (χ0) is 13.0. The second-order valence-corrected chi connectivity index (χ2v) is 6.06. The van der Waals surface area contributed by atoms with Crippen molar-refractivity contribution in [3.8, 4) is 0 Å². The van der Waals surface area contributed by atoms with Gasteiger partial charge in [-0.2, -0.15) is 0 Å². The Morgan fingerprint density at radius 3 is 2.44 bits per heavy atom. The SMILES string of the molecule is CCCC1CCN(C2CCCCC2C(=O)O)CC1. The molecule has 1 N–H and O–H groups in total. The number of carboxylic acid groups (broad SMARTS) is 1. The predicted octanol–water partition coefficient (Wildman–Crippen LogP) is 3.14. The summed E-state index contributed by atoms with van der Waals surface area (Å²) in [5.74, 6) is 0.204. The van der Waals surface area contributed by atoms with E-state index in [4.69, 9.17) is 0 Å². The Morgan fingerprint density at radius 1 is 1.17 bits per heavy atom.